The molecule has 0 amide bonds. The third kappa shape index (κ3) is 1.81. The Hall–Kier alpha value is -1.57. The molecule has 0 aromatic heterocycles. The van der Waals surface area contributed by atoms with Crippen molar-refractivity contribution in [2.24, 2.45) is 5.73 Å². The lowest BCUT2D eigenvalue weighted by atomic mass is 9.79. The average Bonchev–Trinajstić information content (AvgIpc) is 2.45. The smallest absolute Gasteiger partial charge is 0.0412 e. The van der Waals surface area contributed by atoms with Crippen LogP contribution in [0.1, 0.15) is 24.0 Å². The largest absolute Gasteiger partial charge is 0.324 e. The molecule has 2 aliphatic carbocycles. The van der Waals surface area contributed by atoms with Gasteiger partial charge in [-0.3, -0.25) is 0 Å². The highest BCUT2D eigenvalue weighted by Crippen LogP contribution is 2.39. The van der Waals surface area contributed by atoms with Crippen molar-refractivity contribution < 1.29 is 0 Å². The molecule has 1 unspecified atom stereocenters. The Labute approximate surface area is 123 Å². The molecule has 2 heteroatoms. The van der Waals surface area contributed by atoms with Crippen molar-refractivity contribution >= 4 is 27.9 Å². The monoisotopic (exact) mass is 281 g/mol. The van der Waals surface area contributed by atoms with Gasteiger partial charge in [-0.15, -0.1) is 0 Å². The summed E-state index contributed by atoms with van der Waals surface area (Å²) in [6.45, 7) is 0. The second-order valence-corrected chi connectivity index (χ2v) is 6.14. The van der Waals surface area contributed by atoms with Crippen molar-refractivity contribution in [1.29, 1.82) is 0 Å². The van der Waals surface area contributed by atoms with Crippen LogP contribution in [0.25, 0.3) is 16.3 Å². The molecule has 0 saturated heterocycles. The van der Waals surface area contributed by atoms with Crippen molar-refractivity contribution in [3.63, 3.8) is 0 Å². The standard InChI is InChI=1S/C18H16ClN/c19-13-3-7-15-11(9-13)1-5-18-16-8-4-14(20)10-12(16)2-6-17(15)18/h1,3-5,7-9,14H,2,6,10,20H2. The second-order valence-electron chi connectivity index (χ2n) is 5.70. The third-order valence-corrected chi connectivity index (χ3v) is 4.67. The summed E-state index contributed by atoms with van der Waals surface area (Å²) in [4.78, 5) is 0. The van der Waals surface area contributed by atoms with Crippen LogP contribution in [0, 0.1) is 0 Å². The molecular formula is C18H16ClN. The Morgan fingerprint density at radius 3 is 2.90 bits per heavy atom. The topological polar surface area (TPSA) is 26.0 Å². The molecule has 2 aromatic rings. The summed E-state index contributed by atoms with van der Waals surface area (Å²) in [5, 5.41) is 3.37. The van der Waals surface area contributed by atoms with Crippen LogP contribution in [-0.2, 0) is 6.42 Å². The Morgan fingerprint density at radius 2 is 2.00 bits per heavy atom. The first-order valence-corrected chi connectivity index (χ1v) is 7.47. The predicted molar refractivity (Wildman–Crippen MR) is 85.9 cm³/mol. The molecule has 0 fully saturated rings. The molecule has 100 valence electrons. The summed E-state index contributed by atoms with van der Waals surface area (Å²) in [5.74, 6) is 0. The zero-order chi connectivity index (χ0) is 13.7. The minimum atomic E-state index is 0.189. The van der Waals surface area contributed by atoms with Crippen LogP contribution in [0.15, 0.2) is 48.1 Å². The van der Waals surface area contributed by atoms with Crippen LogP contribution in [0.5, 0.6) is 0 Å². The van der Waals surface area contributed by atoms with Crippen LogP contribution in [0.4, 0.5) is 0 Å². The highest BCUT2D eigenvalue weighted by Gasteiger charge is 2.22. The maximum atomic E-state index is 6.09. The van der Waals surface area contributed by atoms with Gasteiger partial charge < -0.3 is 5.73 Å². The van der Waals surface area contributed by atoms with Crippen molar-refractivity contribution in [2.45, 2.75) is 25.3 Å². The fraction of sp³-hybridized carbons (Fsp3) is 0.222. The number of fused-ring (bicyclic) bond motifs is 4. The molecule has 4 rings (SSSR count). The fourth-order valence-electron chi connectivity index (χ4n) is 3.48. The Balaban J connectivity index is 1.95. The summed E-state index contributed by atoms with van der Waals surface area (Å²) >= 11 is 6.09. The first kappa shape index (κ1) is 12.2. The molecule has 0 aliphatic heterocycles. The lowest BCUT2D eigenvalue weighted by Gasteiger charge is -2.27. The van der Waals surface area contributed by atoms with Gasteiger partial charge in [-0.1, -0.05) is 47.5 Å². The summed E-state index contributed by atoms with van der Waals surface area (Å²) in [5.41, 5.74) is 11.8. The minimum Gasteiger partial charge on any atom is -0.324 e. The number of benzene rings is 2. The number of halogens is 1. The lowest BCUT2D eigenvalue weighted by molar-refractivity contribution is 0.743. The highest BCUT2D eigenvalue weighted by molar-refractivity contribution is 6.31. The van der Waals surface area contributed by atoms with Crippen molar-refractivity contribution in [3.8, 4) is 0 Å². The summed E-state index contributed by atoms with van der Waals surface area (Å²) < 4.78 is 0. The molecule has 1 nitrogen and oxygen atoms in total. The fourth-order valence-corrected chi connectivity index (χ4v) is 3.66. The van der Waals surface area contributed by atoms with Gasteiger partial charge in [0.05, 0.1) is 0 Å². The molecule has 2 N–H and O–H groups in total. The zero-order valence-electron chi connectivity index (χ0n) is 11.2. The highest BCUT2D eigenvalue weighted by atomic mass is 35.5. The van der Waals surface area contributed by atoms with Gasteiger partial charge >= 0.3 is 0 Å². The van der Waals surface area contributed by atoms with Gasteiger partial charge in [-0.25, -0.2) is 0 Å². The quantitative estimate of drug-likeness (QED) is 0.757. The summed E-state index contributed by atoms with van der Waals surface area (Å²) in [6, 6.07) is 10.8. The van der Waals surface area contributed by atoms with E-state index in [-0.39, 0.29) is 6.04 Å². The number of nitrogens with two attached hydrogens (primary N) is 1. The van der Waals surface area contributed by atoms with Crippen molar-refractivity contribution in [2.75, 3.05) is 0 Å². The molecular weight excluding hydrogens is 266 g/mol. The van der Waals surface area contributed by atoms with E-state index in [0.29, 0.717) is 0 Å². The molecule has 0 heterocycles. The number of aryl methyl sites for hydroxylation is 1. The minimum absolute atomic E-state index is 0.189. The van der Waals surface area contributed by atoms with Gasteiger partial charge in [-0.05, 0) is 58.9 Å². The normalized spacial score (nSPS) is 21.0. The molecule has 0 radical (unpaired) electrons. The maximum Gasteiger partial charge on any atom is 0.0412 e. The van der Waals surface area contributed by atoms with Crippen molar-refractivity contribution in [1.82, 2.24) is 0 Å². The van der Waals surface area contributed by atoms with E-state index in [1.54, 1.807) is 0 Å². The van der Waals surface area contributed by atoms with Gasteiger partial charge in [0.25, 0.3) is 0 Å². The molecule has 2 aliphatic rings. The van der Waals surface area contributed by atoms with Gasteiger partial charge in [0.2, 0.25) is 0 Å². The van der Waals surface area contributed by atoms with E-state index in [1.165, 1.54) is 33.0 Å². The van der Waals surface area contributed by atoms with E-state index in [4.69, 9.17) is 17.3 Å². The van der Waals surface area contributed by atoms with Crippen LogP contribution >= 0.6 is 11.6 Å². The van der Waals surface area contributed by atoms with Gasteiger partial charge in [-0.2, -0.15) is 0 Å². The molecule has 0 saturated carbocycles. The first-order valence-electron chi connectivity index (χ1n) is 7.10. The Kier molecular flexibility index (Phi) is 2.73. The third-order valence-electron chi connectivity index (χ3n) is 4.43. The van der Waals surface area contributed by atoms with Gasteiger partial charge in [0, 0.05) is 11.1 Å². The molecule has 0 bridgehead atoms. The number of hydrogen-bond donors (Lipinski definition) is 1. The number of hydrogen-bond acceptors (Lipinski definition) is 1. The van der Waals surface area contributed by atoms with Crippen LogP contribution < -0.4 is 5.73 Å². The second kappa shape index (κ2) is 4.47. The van der Waals surface area contributed by atoms with E-state index in [2.05, 4.69) is 30.4 Å². The number of allylic oxidation sites excluding steroid dienone is 2. The number of rotatable bonds is 0. The van der Waals surface area contributed by atoms with E-state index in [9.17, 15) is 0 Å². The molecule has 1 atom stereocenters. The van der Waals surface area contributed by atoms with Crippen molar-refractivity contribution in [3.05, 3.63) is 64.2 Å². The zero-order valence-corrected chi connectivity index (χ0v) is 12.0. The first-order chi connectivity index (χ1) is 9.72. The summed E-state index contributed by atoms with van der Waals surface area (Å²) in [7, 11) is 0. The summed E-state index contributed by atoms with van der Waals surface area (Å²) in [6.07, 6.45) is 7.57. The van der Waals surface area contributed by atoms with E-state index < -0.39 is 0 Å². The van der Waals surface area contributed by atoms with Crippen LogP contribution in [0.3, 0.4) is 0 Å². The molecule has 0 spiro atoms. The van der Waals surface area contributed by atoms with Gasteiger partial charge in [0.15, 0.2) is 0 Å². The predicted octanol–water partition coefficient (Wildman–Crippen LogP) is 4.48. The van der Waals surface area contributed by atoms with E-state index >= 15 is 0 Å². The molecule has 2 aromatic carbocycles. The SMILES string of the molecule is NC1C=CC2=C(CCc3c2ccc2cc(Cl)ccc32)C1. The van der Waals surface area contributed by atoms with E-state index in [0.717, 1.165) is 24.3 Å². The Morgan fingerprint density at radius 1 is 1.10 bits per heavy atom. The van der Waals surface area contributed by atoms with Gasteiger partial charge in [0.1, 0.15) is 0 Å². The maximum absolute atomic E-state index is 6.09. The van der Waals surface area contributed by atoms with E-state index in [1.807, 2.05) is 12.1 Å². The van der Waals surface area contributed by atoms with Crippen LogP contribution in [-0.4, -0.2) is 6.04 Å². The Bertz CT molecular complexity index is 770. The lowest BCUT2D eigenvalue weighted by Crippen LogP contribution is -2.22. The average molecular weight is 282 g/mol. The molecule has 20 heavy (non-hydrogen) atoms. The van der Waals surface area contributed by atoms with Crippen LogP contribution in [0.2, 0.25) is 5.02 Å².